The normalized spacial score (nSPS) is 17.4. The Hall–Kier alpha value is -3.33. The highest BCUT2D eigenvalue weighted by Crippen LogP contribution is 2.23. The SMILES string of the molecule is COc1ccccc1C(=O)N/N=C1\NC(=O)C[C@@H](C(=O)Nc2cccc(C)c2)S1. The van der Waals surface area contributed by atoms with Crippen LogP contribution in [-0.4, -0.2) is 35.2 Å². The van der Waals surface area contributed by atoms with E-state index in [4.69, 9.17) is 4.74 Å². The van der Waals surface area contributed by atoms with Crippen molar-refractivity contribution in [3.05, 3.63) is 59.7 Å². The number of nitrogens with one attached hydrogen (secondary N) is 3. The van der Waals surface area contributed by atoms with Crippen LogP contribution in [-0.2, 0) is 9.59 Å². The average molecular weight is 412 g/mol. The van der Waals surface area contributed by atoms with Gasteiger partial charge in [0.15, 0.2) is 5.17 Å². The molecule has 0 radical (unpaired) electrons. The van der Waals surface area contributed by atoms with Crippen LogP contribution in [0.2, 0.25) is 0 Å². The van der Waals surface area contributed by atoms with Crippen LogP contribution < -0.4 is 20.8 Å². The van der Waals surface area contributed by atoms with Crippen molar-refractivity contribution in [3.63, 3.8) is 0 Å². The summed E-state index contributed by atoms with van der Waals surface area (Å²) in [5, 5.41) is 8.80. The molecule has 0 saturated carbocycles. The molecule has 1 heterocycles. The van der Waals surface area contributed by atoms with Gasteiger partial charge in [0.25, 0.3) is 5.91 Å². The van der Waals surface area contributed by atoms with Crippen molar-refractivity contribution in [1.82, 2.24) is 10.7 Å². The summed E-state index contributed by atoms with van der Waals surface area (Å²) in [6.45, 7) is 1.92. The second kappa shape index (κ2) is 9.24. The van der Waals surface area contributed by atoms with E-state index in [1.165, 1.54) is 7.11 Å². The van der Waals surface area contributed by atoms with Gasteiger partial charge in [-0.25, -0.2) is 5.43 Å². The van der Waals surface area contributed by atoms with Gasteiger partial charge in [-0.05, 0) is 36.8 Å². The van der Waals surface area contributed by atoms with E-state index in [2.05, 4.69) is 21.2 Å². The molecule has 0 unspecified atom stereocenters. The minimum atomic E-state index is -0.661. The first-order valence-electron chi connectivity index (χ1n) is 8.81. The number of aryl methyl sites for hydroxylation is 1. The first-order chi connectivity index (χ1) is 14.0. The second-order valence-corrected chi connectivity index (χ2v) is 7.47. The maximum absolute atomic E-state index is 12.5. The van der Waals surface area contributed by atoms with Crippen LogP contribution >= 0.6 is 11.8 Å². The molecule has 1 saturated heterocycles. The van der Waals surface area contributed by atoms with Gasteiger partial charge in [-0.3, -0.25) is 14.4 Å². The van der Waals surface area contributed by atoms with E-state index in [0.717, 1.165) is 17.3 Å². The molecule has 3 N–H and O–H groups in total. The molecule has 8 nitrogen and oxygen atoms in total. The van der Waals surface area contributed by atoms with Gasteiger partial charge in [-0.1, -0.05) is 36.0 Å². The third-order valence-corrected chi connectivity index (χ3v) is 5.14. The monoisotopic (exact) mass is 412 g/mol. The molecule has 2 aromatic carbocycles. The molecule has 9 heteroatoms. The molecule has 0 aromatic heterocycles. The first kappa shape index (κ1) is 20.4. The third kappa shape index (κ3) is 5.35. The predicted octanol–water partition coefficient (Wildman–Crippen LogP) is 2.26. The lowest BCUT2D eigenvalue weighted by molar-refractivity contribution is -0.123. The summed E-state index contributed by atoms with van der Waals surface area (Å²) in [6.07, 6.45) is 0.0157. The minimum absolute atomic E-state index is 0.0157. The molecule has 1 aliphatic rings. The van der Waals surface area contributed by atoms with Crippen molar-refractivity contribution >= 4 is 40.3 Å². The van der Waals surface area contributed by atoms with Crippen molar-refractivity contribution in [2.45, 2.75) is 18.6 Å². The molecule has 0 bridgehead atoms. The van der Waals surface area contributed by atoms with Gasteiger partial charge in [0.2, 0.25) is 11.8 Å². The third-order valence-electron chi connectivity index (χ3n) is 4.06. The van der Waals surface area contributed by atoms with Gasteiger partial charge in [-0.2, -0.15) is 0 Å². The maximum Gasteiger partial charge on any atom is 0.275 e. The first-order valence-corrected chi connectivity index (χ1v) is 9.69. The Bertz CT molecular complexity index is 976. The molecule has 2 aromatic rings. The van der Waals surface area contributed by atoms with E-state index >= 15 is 0 Å². The second-order valence-electron chi connectivity index (χ2n) is 6.28. The Labute approximate surface area is 172 Å². The largest absolute Gasteiger partial charge is 0.496 e. The number of para-hydroxylation sites is 1. The number of carbonyl (C=O) groups is 3. The number of hydrogen-bond acceptors (Lipinski definition) is 6. The number of hydrogen-bond donors (Lipinski definition) is 3. The highest BCUT2D eigenvalue weighted by molar-refractivity contribution is 8.15. The average Bonchev–Trinajstić information content (AvgIpc) is 2.71. The van der Waals surface area contributed by atoms with E-state index in [0.29, 0.717) is 17.0 Å². The fourth-order valence-electron chi connectivity index (χ4n) is 2.68. The molecule has 0 aliphatic carbocycles. The highest BCUT2D eigenvalue weighted by Gasteiger charge is 2.30. The summed E-state index contributed by atoms with van der Waals surface area (Å²) < 4.78 is 5.15. The zero-order valence-electron chi connectivity index (χ0n) is 15.9. The number of ether oxygens (including phenoxy) is 1. The number of nitrogens with zero attached hydrogens (tertiary/aromatic N) is 1. The topological polar surface area (TPSA) is 109 Å². The van der Waals surface area contributed by atoms with E-state index in [9.17, 15) is 14.4 Å². The van der Waals surface area contributed by atoms with E-state index < -0.39 is 11.2 Å². The predicted molar refractivity (Wildman–Crippen MR) is 112 cm³/mol. The van der Waals surface area contributed by atoms with Gasteiger partial charge < -0.3 is 15.4 Å². The molecular weight excluding hydrogens is 392 g/mol. The van der Waals surface area contributed by atoms with Crippen LogP contribution in [0.3, 0.4) is 0 Å². The fourth-order valence-corrected chi connectivity index (χ4v) is 3.63. The number of methoxy groups -OCH3 is 1. The molecule has 1 atom stereocenters. The number of anilines is 1. The quantitative estimate of drug-likeness (QED) is 0.653. The van der Waals surface area contributed by atoms with Crippen molar-refractivity contribution in [1.29, 1.82) is 0 Å². The van der Waals surface area contributed by atoms with E-state index in [1.807, 2.05) is 25.1 Å². The Kier molecular flexibility index (Phi) is 6.50. The number of rotatable bonds is 5. The lowest BCUT2D eigenvalue weighted by Crippen LogP contribution is -2.42. The molecule has 150 valence electrons. The van der Waals surface area contributed by atoms with Crippen LogP contribution in [0, 0.1) is 6.92 Å². The van der Waals surface area contributed by atoms with Crippen LogP contribution in [0.1, 0.15) is 22.3 Å². The number of thioether (sulfide) groups is 1. The molecule has 3 rings (SSSR count). The zero-order valence-corrected chi connectivity index (χ0v) is 16.7. The Balaban J connectivity index is 1.66. The van der Waals surface area contributed by atoms with Crippen LogP contribution in [0.25, 0.3) is 0 Å². The van der Waals surface area contributed by atoms with Gasteiger partial charge in [0, 0.05) is 12.1 Å². The molecule has 0 spiro atoms. The number of carbonyl (C=O) groups excluding carboxylic acids is 3. The van der Waals surface area contributed by atoms with Gasteiger partial charge in [0.1, 0.15) is 11.0 Å². The zero-order chi connectivity index (χ0) is 20.8. The van der Waals surface area contributed by atoms with Crippen molar-refractivity contribution < 1.29 is 19.1 Å². The summed E-state index contributed by atoms with van der Waals surface area (Å²) in [5.74, 6) is -0.741. The van der Waals surface area contributed by atoms with E-state index in [1.54, 1.807) is 30.3 Å². The summed E-state index contributed by atoms with van der Waals surface area (Å²) in [7, 11) is 1.46. The van der Waals surface area contributed by atoms with Gasteiger partial charge >= 0.3 is 0 Å². The number of hydrazone groups is 1. The number of amides is 3. The standard InChI is InChI=1S/C20H20N4O4S/c1-12-6-5-7-13(10-12)21-19(27)16-11-17(25)22-20(29-16)24-23-18(26)14-8-3-4-9-15(14)28-2/h3-10,16H,11H2,1-2H3,(H,21,27)(H,23,26)(H,22,24,25)/t16-/m0/s1. The van der Waals surface area contributed by atoms with Crippen molar-refractivity contribution in [2.75, 3.05) is 12.4 Å². The summed E-state index contributed by atoms with van der Waals surface area (Å²) in [5.41, 5.74) is 4.36. The smallest absolute Gasteiger partial charge is 0.275 e. The summed E-state index contributed by atoms with van der Waals surface area (Å²) >= 11 is 1.07. The van der Waals surface area contributed by atoms with Crippen LogP contribution in [0.15, 0.2) is 53.6 Å². The summed E-state index contributed by atoms with van der Waals surface area (Å²) in [4.78, 5) is 36.9. The lowest BCUT2D eigenvalue weighted by atomic mass is 10.2. The highest BCUT2D eigenvalue weighted by atomic mass is 32.2. The molecule has 3 amide bonds. The maximum atomic E-state index is 12.5. The fraction of sp³-hybridized carbons (Fsp3) is 0.200. The minimum Gasteiger partial charge on any atom is -0.496 e. The van der Waals surface area contributed by atoms with Crippen LogP contribution in [0.5, 0.6) is 5.75 Å². The molecule has 29 heavy (non-hydrogen) atoms. The summed E-state index contributed by atoms with van der Waals surface area (Å²) in [6, 6.07) is 14.1. The van der Waals surface area contributed by atoms with Crippen LogP contribution in [0.4, 0.5) is 5.69 Å². The Morgan fingerprint density at radius 2 is 2.00 bits per heavy atom. The van der Waals surface area contributed by atoms with Gasteiger partial charge in [-0.15, -0.1) is 5.10 Å². The molecule has 1 aliphatic heterocycles. The Morgan fingerprint density at radius 1 is 1.21 bits per heavy atom. The molecular formula is C20H20N4O4S. The van der Waals surface area contributed by atoms with Gasteiger partial charge in [0.05, 0.1) is 12.7 Å². The van der Waals surface area contributed by atoms with E-state index in [-0.39, 0.29) is 23.4 Å². The lowest BCUT2D eigenvalue weighted by Gasteiger charge is -2.22. The van der Waals surface area contributed by atoms with Crippen molar-refractivity contribution in [3.8, 4) is 5.75 Å². The number of benzene rings is 2. The van der Waals surface area contributed by atoms with Crippen molar-refractivity contribution in [2.24, 2.45) is 5.10 Å². The number of amidine groups is 1. The molecule has 1 fully saturated rings. The Morgan fingerprint density at radius 3 is 2.76 bits per heavy atom.